The number of nitrogens with zero attached hydrogens (tertiary/aromatic N) is 3. The molecule has 60 valence electrons. The fourth-order valence-electron chi connectivity index (χ4n) is 0.786. The summed E-state index contributed by atoms with van der Waals surface area (Å²) in [6.45, 7) is 0.224. The molecule has 0 saturated heterocycles. The van der Waals surface area contributed by atoms with Gasteiger partial charge in [-0.15, -0.1) is 4.68 Å². The van der Waals surface area contributed by atoms with Crippen LogP contribution in [0, 0.1) is 10.1 Å². The number of aromatic nitrogens is 2. The Balaban J connectivity index is 3.07. The second-order valence-electron chi connectivity index (χ2n) is 2.08. The molecule has 2 N–H and O–H groups in total. The average molecular weight is 156 g/mol. The standard InChI is InChI=1S/C5H8N4O2/c1-8-5(9(10)11)2-4(3-6)7-8/h2H,3,6H2,1H3. The second kappa shape index (κ2) is 2.67. The van der Waals surface area contributed by atoms with Crippen molar-refractivity contribution in [2.24, 2.45) is 12.8 Å². The van der Waals surface area contributed by atoms with E-state index >= 15 is 0 Å². The molecule has 0 aliphatic heterocycles. The van der Waals surface area contributed by atoms with E-state index in [-0.39, 0.29) is 12.4 Å². The molecule has 6 nitrogen and oxygen atoms in total. The topological polar surface area (TPSA) is 87.0 Å². The molecule has 0 unspecified atom stereocenters. The summed E-state index contributed by atoms with van der Waals surface area (Å²) in [4.78, 5) is 9.76. The molecular weight excluding hydrogens is 148 g/mol. The molecule has 1 heterocycles. The zero-order valence-electron chi connectivity index (χ0n) is 6.02. The zero-order chi connectivity index (χ0) is 8.43. The smallest absolute Gasteiger partial charge is 0.344 e. The minimum absolute atomic E-state index is 0.0366. The molecule has 0 aliphatic rings. The summed E-state index contributed by atoms with van der Waals surface area (Å²) < 4.78 is 1.20. The minimum Gasteiger partial charge on any atom is -0.358 e. The number of nitro groups is 1. The van der Waals surface area contributed by atoms with Gasteiger partial charge in [0.15, 0.2) is 0 Å². The van der Waals surface area contributed by atoms with Crippen LogP contribution in [-0.2, 0) is 13.6 Å². The van der Waals surface area contributed by atoms with Gasteiger partial charge >= 0.3 is 5.82 Å². The van der Waals surface area contributed by atoms with Gasteiger partial charge in [-0.2, -0.15) is 0 Å². The SMILES string of the molecule is Cn1nc(CN)cc1[N+](=O)[O-]. The highest BCUT2D eigenvalue weighted by Crippen LogP contribution is 2.10. The van der Waals surface area contributed by atoms with Gasteiger partial charge < -0.3 is 15.8 Å². The van der Waals surface area contributed by atoms with Crippen LogP contribution in [0.15, 0.2) is 6.07 Å². The number of hydrogen-bond donors (Lipinski definition) is 1. The van der Waals surface area contributed by atoms with Crippen LogP contribution < -0.4 is 5.73 Å². The lowest BCUT2D eigenvalue weighted by molar-refractivity contribution is -0.392. The highest BCUT2D eigenvalue weighted by Gasteiger charge is 2.12. The fourth-order valence-corrected chi connectivity index (χ4v) is 0.786. The quantitative estimate of drug-likeness (QED) is 0.474. The van der Waals surface area contributed by atoms with E-state index in [1.54, 1.807) is 0 Å². The summed E-state index contributed by atoms with van der Waals surface area (Å²) in [5.74, 6) is -0.0366. The van der Waals surface area contributed by atoms with Crippen LogP contribution >= 0.6 is 0 Å². The third kappa shape index (κ3) is 1.35. The summed E-state index contributed by atoms with van der Waals surface area (Å²) in [6, 6.07) is 1.36. The van der Waals surface area contributed by atoms with Crippen molar-refractivity contribution in [2.45, 2.75) is 6.54 Å². The van der Waals surface area contributed by atoms with Gasteiger partial charge in [-0.1, -0.05) is 5.10 Å². The molecular formula is C5H8N4O2. The van der Waals surface area contributed by atoms with E-state index in [0.29, 0.717) is 5.69 Å². The Morgan fingerprint density at radius 2 is 2.55 bits per heavy atom. The van der Waals surface area contributed by atoms with Gasteiger partial charge in [0.25, 0.3) is 0 Å². The first kappa shape index (κ1) is 7.67. The molecule has 1 rings (SSSR count). The van der Waals surface area contributed by atoms with Crippen molar-refractivity contribution in [3.63, 3.8) is 0 Å². The summed E-state index contributed by atoms with van der Waals surface area (Å²) in [5.41, 5.74) is 5.76. The third-order valence-corrected chi connectivity index (χ3v) is 1.30. The van der Waals surface area contributed by atoms with Crippen LogP contribution in [0.3, 0.4) is 0 Å². The first-order valence-electron chi connectivity index (χ1n) is 3.02. The third-order valence-electron chi connectivity index (χ3n) is 1.30. The molecule has 1 aromatic heterocycles. The molecule has 0 fully saturated rings. The second-order valence-corrected chi connectivity index (χ2v) is 2.08. The van der Waals surface area contributed by atoms with Gasteiger partial charge in [-0.25, -0.2) is 0 Å². The lowest BCUT2D eigenvalue weighted by Gasteiger charge is -1.89. The average Bonchev–Trinajstić information content (AvgIpc) is 2.30. The Labute approximate surface area is 62.8 Å². The van der Waals surface area contributed by atoms with E-state index < -0.39 is 4.92 Å². The van der Waals surface area contributed by atoms with E-state index in [4.69, 9.17) is 5.73 Å². The van der Waals surface area contributed by atoms with Crippen LogP contribution in [0.25, 0.3) is 0 Å². The summed E-state index contributed by atoms with van der Waals surface area (Å²) in [7, 11) is 1.51. The van der Waals surface area contributed by atoms with Crippen molar-refractivity contribution in [1.29, 1.82) is 0 Å². The molecule has 0 aromatic carbocycles. The van der Waals surface area contributed by atoms with E-state index in [2.05, 4.69) is 5.10 Å². The van der Waals surface area contributed by atoms with Crippen LogP contribution in [0.2, 0.25) is 0 Å². The maximum Gasteiger partial charge on any atom is 0.344 e. The summed E-state index contributed by atoms with van der Waals surface area (Å²) in [6.07, 6.45) is 0. The van der Waals surface area contributed by atoms with Gasteiger partial charge in [-0.3, -0.25) is 0 Å². The van der Waals surface area contributed by atoms with E-state index in [1.165, 1.54) is 17.8 Å². The van der Waals surface area contributed by atoms with Gasteiger partial charge in [0.2, 0.25) is 0 Å². The predicted molar refractivity (Wildman–Crippen MR) is 37.8 cm³/mol. The Morgan fingerprint density at radius 3 is 2.82 bits per heavy atom. The van der Waals surface area contributed by atoms with Crippen molar-refractivity contribution in [3.8, 4) is 0 Å². The number of rotatable bonds is 2. The molecule has 0 saturated carbocycles. The number of hydrogen-bond acceptors (Lipinski definition) is 4. The maximum atomic E-state index is 10.3. The van der Waals surface area contributed by atoms with E-state index in [0.717, 1.165) is 0 Å². The van der Waals surface area contributed by atoms with Gasteiger partial charge in [0, 0.05) is 6.54 Å². The molecule has 0 atom stereocenters. The monoisotopic (exact) mass is 156 g/mol. The van der Waals surface area contributed by atoms with Crippen molar-refractivity contribution >= 4 is 5.82 Å². The Morgan fingerprint density at radius 1 is 1.91 bits per heavy atom. The highest BCUT2D eigenvalue weighted by molar-refractivity contribution is 5.22. The van der Waals surface area contributed by atoms with Crippen LogP contribution in [0.4, 0.5) is 5.82 Å². The lowest BCUT2D eigenvalue weighted by Crippen LogP contribution is -2.00. The van der Waals surface area contributed by atoms with Crippen LogP contribution in [0.5, 0.6) is 0 Å². The Kier molecular flexibility index (Phi) is 1.86. The molecule has 0 radical (unpaired) electrons. The first-order chi connectivity index (χ1) is 5.15. The van der Waals surface area contributed by atoms with Crippen molar-refractivity contribution in [2.75, 3.05) is 0 Å². The molecule has 11 heavy (non-hydrogen) atoms. The molecule has 0 spiro atoms. The maximum absolute atomic E-state index is 10.3. The lowest BCUT2D eigenvalue weighted by atomic mass is 10.4. The molecule has 0 amide bonds. The van der Waals surface area contributed by atoms with Crippen LogP contribution in [0.1, 0.15) is 5.69 Å². The molecule has 0 bridgehead atoms. The molecule has 0 aliphatic carbocycles. The number of nitrogens with two attached hydrogens (primary N) is 1. The summed E-state index contributed by atoms with van der Waals surface area (Å²) >= 11 is 0. The first-order valence-corrected chi connectivity index (χ1v) is 3.02. The number of aryl methyl sites for hydroxylation is 1. The normalized spacial score (nSPS) is 10.0. The largest absolute Gasteiger partial charge is 0.358 e. The molecule has 1 aromatic rings. The van der Waals surface area contributed by atoms with Crippen molar-refractivity contribution in [3.05, 3.63) is 21.9 Å². The van der Waals surface area contributed by atoms with Gasteiger partial charge in [0.05, 0.1) is 6.07 Å². The van der Waals surface area contributed by atoms with Crippen molar-refractivity contribution < 1.29 is 4.92 Å². The predicted octanol–water partition coefficient (Wildman–Crippen LogP) is -0.213. The van der Waals surface area contributed by atoms with Gasteiger partial charge in [-0.05, 0) is 4.92 Å². The highest BCUT2D eigenvalue weighted by atomic mass is 16.6. The molecule has 6 heteroatoms. The van der Waals surface area contributed by atoms with Crippen LogP contribution in [-0.4, -0.2) is 14.7 Å². The zero-order valence-corrected chi connectivity index (χ0v) is 6.02. The van der Waals surface area contributed by atoms with Crippen molar-refractivity contribution in [1.82, 2.24) is 9.78 Å². The van der Waals surface area contributed by atoms with E-state index in [1.807, 2.05) is 0 Å². The van der Waals surface area contributed by atoms with E-state index in [9.17, 15) is 10.1 Å². The fraction of sp³-hybridized carbons (Fsp3) is 0.400. The van der Waals surface area contributed by atoms with Gasteiger partial charge in [0.1, 0.15) is 12.7 Å². The Hall–Kier alpha value is -1.43. The summed E-state index contributed by atoms with van der Waals surface area (Å²) in [5, 5.41) is 14.1. The Bertz CT molecular complexity index is 280. The minimum atomic E-state index is -0.494.